The highest BCUT2D eigenvalue weighted by Gasteiger charge is 2.41. The van der Waals surface area contributed by atoms with E-state index in [0.29, 0.717) is 16.8 Å². The molecule has 24 heavy (non-hydrogen) atoms. The number of benzene rings is 2. The van der Waals surface area contributed by atoms with E-state index in [4.69, 9.17) is 5.11 Å². The Labute approximate surface area is 138 Å². The van der Waals surface area contributed by atoms with Crippen molar-refractivity contribution >= 4 is 11.6 Å². The molecule has 0 bridgehead atoms. The van der Waals surface area contributed by atoms with Crippen LogP contribution in [0, 0.1) is 6.92 Å². The Morgan fingerprint density at radius 2 is 1.83 bits per heavy atom. The zero-order valence-corrected chi connectivity index (χ0v) is 13.1. The van der Waals surface area contributed by atoms with Gasteiger partial charge < -0.3 is 10.4 Å². The van der Waals surface area contributed by atoms with Gasteiger partial charge in [0.1, 0.15) is 0 Å². The second-order valence-electron chi connectivity index (χ2n) is 5.56. The average Bonchev–Trinajstić information content (AvgIpc) is 2.54. The van der Waals surface area contributed by atoms with E-state index in [9.17, 15) is 18.0 Å². The number of aliphatic hydroxyl groups excluding tert-OH is 1. The van der Waals surface area contributed by atoms with E-state index in [0.717, 1.165) is 0 Å². The molecule has 0 spiro atoms. The number of carbonyl (C=O) groups is 1. The number of nitrogens with one attached hydrogen (secondary N) is 1. The highest BCUT2D eigenvalue weighted by atomic mass is 19.4. The van der Waals surface area contributed by atoms with Gasteiger partial charge in [0.05, 0.1) is 12.5 Å². The zero-order chi connectivity index (χ0) is 17.7. The maximum absolute atomic E-state index is 13.3. The maximum atomic E-state index is 13.3. The van der Waals surface area contributed by atoms with Crippen LogP contribution < -0.4 is 5.32 Å². The van der Waals surface area contributed by atoms with Crippen LogP contribution in [0.2, 0.25) is 0 Å². The number of rotatable bonds is 5. The molecule has 0 saturated heterocycles. The first-order valence-corrected chi connectivity index (χ1v) is 7.43. The Kier molecular flexibility index (Phi) is 5.62. The van der Waals surface area contributed by atoms with Crippen LogP contribution >= 0.6 is 0 Å². The fourth-order valence-electron chi connectivity index (χ4n) is 2.40. The zero-order valence-electron chi connectivity index (χ0n) is 13.1. The summed E-state index contributed by atoms with van der Waals surface area (Å²) < 4.78 is 39.9. The molecule has 2 aromatic rings. The molecule has 1 amide bonds. The molecule has 2 rings (SSSR count). The van der Waals surface area contributed by atoms with E-state index in [1.807, 2.05) is 0 Å². The van der Waals surface area contributed by atoms with E-state index in [2.05, 4.69) is 5.32 Å². The number of carbonyl (C=O) groups excluding carboxylic acids is 1. The van der Waals surface area contributed by atoms with E-state index >= 15 is 0 Å². The Balaban J connectivity index is 2.17. The molecule has 0 aliphatic carbocycles. The molecular formula is C18H18F3NO2. The Hall–Kier alpha value is -2.34. The largest absolute Gasteiger partial charge is 0.396 e. The number of alkyl halides is 3. The van der Waals surface area contributed by atoms with Gasteiger partial charge in [0.2, 0.25) is 5.91 Å². The van der Waals surface area contributed by atoms with Crippen molar-refractivity contribution in [2.45, 2.75) is 32.0 Å². The van der Waals surface area contributed by atoms with Crippen LogP contribution in [0.15, 0.2) is 48.5 Å². The number of aryl methyl sites for hydroxylation is 1. The Morgan fingerprint density at radius 1 is 1.17 bits per heavy atom. The van der Waals surface area contributed by atoms with Gasteiger partial charge in [-0.05, 0) is 29.7 Å². The van der Waals surface area contributed by atoms with Gasteiger partial charge in [-0.1, -0.05) is 42.5 Å². The number of anilines is 1. The minimum absolute atomic E-state index is 0.0565. The van der Waals surface area contributed by atoms with Gasteiger partial charge >= 0.3 is 6.18 Å². The number of hydrogen-bond donors (Lipinski definition) is 2. The van der Waals surface area contributed by atoms with Crippen LogP contribution in [-0.4, -0.2) is 17.2 Å². The summed E-state index contributed by atoms with van der Waals surface area (Å²) in [5.74, 6) is -2.58. The smallest absolute Gasteiger partial charge is 0.392 e. The van der Waals surface area contributed by atoms with Gasteiger partial charge in [0, 0.05) is 12.1 Å². The third-order valence-corrected chi connectivity index (χ3v) is 3.75. The Bertz CT molecular complexity index is 699. The van der Waals surface area contributed by atoms with E-state index in [1.165, 1.54) is 24.3 Å². The minimum atomic E-state index is -4.51. The molecule has 0 aliphatic rings. The van der Waals surface area contributed by atoms with Crippen LogP contribution in [-0.2, 0) is 11.4 Å². The molecule has 0 aromatic heterocycles. The molecule has 0 radical (unpaired) electrons. The first-order valence-electron chi connectivity index (χ1n) is 7.43. The van der Waals surface area contributed by atoms with Gasteiger partial charge in [-0.3, -0.25) is 4.79 Å². The van der Waals surface area contributed by atoms with Crippen molar-refractivity contribution in [3.05, 3.63) is 65.2 Å². The molecular weight excluding hydrogens is 319 g/mol. The standard InChI is InChI=1S/C18H18F3NO2/c1-12-7-8-13(11-23)9-16(12)22-17(24)10-15(18(19,20)21)14-5-3-2-4-6-14/h2-9,15,23H,10-11H2,1H3,(H,22,24). The van der Waals surface area contributed by atoms with Gasteiger partial charge in [0.15, 0.2) is 0 Å². The molecule has 0 heterocycles. The number of hydrogen-bond acceptors (Lipinski definition) is 2. The number of aliphatic hydroxyl groups is 1. The third-order valence-electron chi connectivity index (χ3n) is 3.75. The van der Waals surface area contributed by atoms with E-state index < -0.39 is 24.4 Å². The van der Waals surface area contributed by atoms with Gasteiger partial charge in [-0.2, -0.15) is 13.2 Å². The van der Waals surface area contributed by atoms with Crippen molar-refractivity contribution in [2.75, 3.05) is 5.32 Å². The van der Waals surface area contributed by atoms with Crippen LogP contribution in [0.1, 0.15) is 29.0 Å². The lowest BCUT2D eigenvalue weighted by Crippen LogP contribution is -2.26. The van der Waals surface area contributed by atoms with Crippen molar-refractivity contribution in [3.63, 3.8) is 0 Å². The third kappa shape index (κ3) is 4.58. The molecule has 0 aliphatic heterocycles. The quantitative estimate of drug-likeness (QED) is 0.861. The maximum Gasteiger partial charge on any atom is 0.396 e. The van der Waals surface area contributed by atoms with E-state index in [1.54, 1.807) is 31.2 Å². The van der Waals surface area contributed by atoms with Crippen LogP contribution in [0.25, 0.3) is 0 Å². The highest BCUT2D eigenvalue weighted by molar-refractivity contribution is 5.92. The summed E-state index contributed by atoms with van der Waals surface area (Å²) in [5, 5.41) is 11.6. The molecule has 0 saturated carbocycles. The summed E-state index contributed by atoms with van der Waals surface area (Å²) in [7, 11) is 0. The number of amides is 1. The van der Waals surface area contributed by atoms with Crippen LogP contribution in [0.3, 0.4) is 0 Å². The SMILES string of the molecule is Cc1ccc(CO)cc1NC(=O)CC(c1ccccc1)C(F)(F)F. The van der Waals surface area contributed by atoms with Gasteiger partial charge in [-0.25, -0.2) is 0 Å². The topological polar surface area (TPSA) is 49.3 Å². The molecule has 2 aromatic carbocycles. The fourth-order valence-corrected chi connectivity index (χ4v) is 2.40. The summed E-state index contributed by atoms with van der Waals surface area (Å²) in [4.78, 5) is 12.1. The lowest BCUT2D eigenvalue weighted by molar-refractivity contribution is -0.155. The lowest BCUT2D eigenvalue weighted by atomic mass is 9.94. The van der Waals surface area contributed by atoms with Gasteiger partial charge in [-0.15, -0.1) is 0 Å². The summed E-state index contributed by atoms with van der Waals surface area (Å²) in [5.41, 5.74) is 1.75. The minimum Gasteiger partial charge on any atom is -0.392 e. The molecule has 6 heteroatoms. The van der Waals surface area contributed by atoms with Crippen molar-refractivity contribution in [1.82, 2.24) is 0 Å². The van der Waals surface area contributed by atoms with Crippen molar-refractivity contribution in [1.29, 1.82) is 0 Å². The Morgan fingerprint density at radius 3 is 2.42 bits per heavy atom. The first-order chi connectivity index (χ1) is 11.3. The van der Waals surface area contributed by atoms with Crippen molar-refractivity contribution < 1.29 is 23.1 Å². The molecule has 128 valence electrons. The normalized spacial score (nSPS) is 12.7. The molecule has 2 N–H and O–H groups in total. The summed E-state index contributed by atoms with van der Waals surface area (Å²) in [6, 6.07) is 12.3. The van der Waals surface area contributed by atoms with Gasteiger partial charge in [0.25, 0.3) is 0 Å². The van der Waals surface area contributed by atoms with Crippen molar-refractivity contribution in [3.8, 4) is 0 Å². The monoisotopic (exact) mass is 337 g/mol. The predicted molar refractivity (Wildman–Crippen MR) is 85.6 cm³/mol. The second-order valence-corrected chi connectivity index (χ2v) is 5.56. The summed E-state index contributed by atoms with van der Waals surface area (Å²) >= 11 is 0. The summed E-state index contributed by atoms with van der Waals surface area (Å²) in [6.07, 6.45) is -5.21. The molecule has 1 atom stereocenters. The second kappa shape index (κ2) is 7.49. The van der Waals surface area contributed by atoms with Crippen LogP contribution in [0.5, 0.6) is 0 Å². The molecule has 1 unspecified atom stereocenters. The fraction of sp³-hybridized carbons (Fsp3) is 0.278. The average molecular weight is 337 g/mol. The van der Waals surface area contributed by atoms with Crippen molar-refractivity contribution in [2.24, 2.45) is 0 Å². The molecule has 0 fully saturated rings. The highest BCUT2D eigenvalue weighted by Crippen LogP contribution is 2.37. The first kappa shape index (κ1) is 18.0. The van der Waals surface area contributed by atoms with E-state index in [-0.39, 0.29) is 12.2 Å². The van der Waals surface area contributed by atoms with Crippen LogP contribution in [0.4, 0.5) is 18.9 Å². The summed E-state index contributed by atoms with van der Waals surface area (Å²) in [6.45, 7) is 1.52. The number of halogens is 3. The lowest BCUT2D eigenvalue weighted by Gasteiger charge is -2.20. The predicted octanol–water partition coefficient (Wildman–Crippen LogP) is 4.16. The molecule has 3 nitrogen and oxygen atoms in total.